The van der Waals surface area contributed by atoms with Gasteiger partial charge >= 0.3 is 0 Å². The van der Waals surface area contributed by atoms with E-state index < -0.39 is 10.0 Å². The summed E-state index contributed by atoms with van der Waals surface area (Å²) in [6, 6.07) is 16.5. The molecule has 8 nitrogen and oxygen atoms in total. The molecule has 33 heavy (non-hydrogen) atoms. The highest BCUT2D eigenvalue weighted by molar-refractivity contribution is 7.92. The fraction of sp³-hybridized carbons (Fsp3) is 0.458. The van der Waals surface area contributed by atoms with Gasteiger partial charge in [0.1, 0.15) is 18.9 Å². The third kappa shape index (κ3) is 8.34. The average Bonchev–Trinajstić information content (AvgIpc) is 2.80. The van der Waals surface area contributed by atoms with E-state index in [1.807, 2.05) is 30.3 Å². The maximum atomic E-state index is 12.4. The number of anilines is 1. The van der Waals surface area contributed by atoms with Gasteiger partial charge in [0.25, 0.3) is 0 Å². The van der Waals surface area contributed by atoms with Gasteiger partial charge in [-0.1, -0.05) is 30.3 Å². The monoisotopic (exact) mass is 474 g/mol. The van der Waals surface area contributed by atoms with Crippen molar-refractivity contribution in [3.05, 3.63) is 60.2 Å². The lowest BCUT2D eigenvalue weighted by molar-refractivity contribution is -0.119. The summed E-state index contributed by atoms with van der Waals surface area (Å²) >= 11 is 0. The summed E-state index contributed by atoms with van der Waals surface area (Å²) in [5, 5.41) is 2.85. The standard InChI is InChI=1S/C24H34N4O4S/c1-26-15-17-27(18-16-26)14-6-13-25-24(29)19-28(33(2,30)31)22-9-11-23(12-10-22)32-20-21-7-4-3-5-8-21/h3-5,7-12H,6,13-20H2,1-2H3,(H,25,29). The van der Waals surface area contributed by atoms with Crippen molar-refractivity contribution in [2.45, 2.75) is 13.0 Å². The molecule has 180 valence electrons. The lowest BCUT2D eigenvalue weighted by atomic mass is 10.2. The number of rotatable bonds is 11. The van der Waals surface area contributed by atoms with E-state index in [9.17, 15) is 13.2 Å². The van der Waals surface area contributed by atoms with Crippen molar-refractivity contribution in [2.75, 3.05) is 63.4 Å². The Bertz CT molecular complexity index is 975. The Morgan fingerprint density at radius 3 is 2.33 bits per heavy atom. The lowest BCUT2D eigenvalue weighted by Crippen LogP contribution is -2.45. The Hall–Kier alpha value is -2.62. The summed E-state index contributed by atoms with van der Waals surface area (Å²) in [5.74, 6) is 0.313. The van der Waals surface area contributed by atoms with Crippen LogP contribution in [0.3, 0.4) is 0 Å². The number of carbonyl (C=O) groups excluding carboxylic acids is 1. The molecule has 2 aromatic carbocycles. The summed E-state index contributed by atoms with van der Waals surface area (Å²) in [6.07, 6.45) is 1.94. The van der Waals surface area contributed by atoms with Crippen LogP contribution in [0.2, 0.25) is 0 Å². The van der Waals surface area contributed by atoms with E-state index in [2.05, 4.69) is 22.2 Å². The van der Waals surface area contributed by atoms with Gasteiger partial charge in [-0.2, -0.15) is 0 Å². The van der Waals surface area contributed by atoms with E-state index in [0.717, 1.165) is 55.3 Å². The molecular formula is C24H34N4O4S. The van der Waals surface area contributed by atoms with Crippen LogP contribution in [0.25, 0.3) is 0 Å². The van der Waals surface area contributed by atoms with Gasteiger partial charge in [-0.3, -0.25) is 9.10 Å². The van der Waals surface area contributed by atoms with Crippen molar-refractivity contribution < 1.29 is 17.9 Å². The topological polar surface area (TPSA) is 82.2 Å². The van der Waals surface area contributed by atoms with Crippen LogP contribution < -0.4 is 14.4 Å². The summed E-state index contributed by atoms with van der Waals surface area (Å²) in [5.41, 5.74) is 1.47. The molecule has 0 atom stereocenters. The first kappa shape index (κ1) is 25.0. The second kappa shape index (κ2) is 12.0. The highest BCUT2D eigenvalue weighted by Gasteiger charge is 2.21. The number of likely N-dealkylation sites (N-methyl/N-ethyl adjacent to an activating group) is 1. The molecule has 1 saturated heterocycles. The molecule has 1 fully saturated rings. The SMILES string of the molecule is CN1CCN(CCCNC(=O)CN(c2ccc(OCc3ccccc3)cc2)S(C)(=O)=O)CC1. The minimum atomic E-state index is -3.62. The van der Waals surface area contributed by atoms with E-state index in [-0.39, 0.29) is 12.5 Å². The van der Waals surface area contributed by atoms with Gasteiger partial charge in [-0.25, -0.2) is 8.42 Å². The molecule has 9 heteroatoms. The zero-order chi connectivity index (χ0) is 23.7. The van der Waals surface area contributed by atoms with Crippen molar-refractivity contribution in [1.29, 1.82) is 0 Å². The summed E-state index contributed by atoms with van der Waals surface area (Å²) in [6.45, 7) is 5.82. The quantitative estimate of drug-likeness (QED) is 0.500. The van der Waals surface area contributed by atoms with E-state index in [0.29, 0.717) is 24.6 Å². The molecule has 3 rings (SSSR count). The molecule has 1 amide bonds. The highest BCUT2D eigenvalue weighted by atomic mass is 32.2. The van der Waals surface area contributed by atoms with Crippen LogP contribution in [0.5, 0.6) is 5.75 Å². The van der Waals surface area contributed by atoms with Crippen LogP contribution in [-0.2, 0) is 21.4 Å². The van der Waals surface area contributed by atoms with Gasteiger partial charge in [0, 0.05) is 32.7 Å². The van der Waals surface area contributed by atoms with Crippen LogP contribution in [-0.4, -0.2) is 83.2 Å². The van der Waals surface area contributed by atoms with Crippen LogP contribution in [0.1, 0.15) is 12.0 Å². The zero-order valence-electron chi connectivity index (χ0n) is 19.4. The first-order valence-electron chi connectivity index (χ1n) is 11.2. The third-order valence-electron chi connectivity index (χ3n) is 5.63. The third-order valence-corrected chi connectivity index (χ3v) is 6.77. The van der Waals surface area contributed by atoms with Gasteiger partial charge in [-0.05, 0) is 49.8 Å². The van der Waals surface area contributed by atoms with Gasteiger partial charge < -0.3 is 19.9 Å². The van der Waals surface area contributed by atoms with E-state index >= 15 is 0 Å². The summed E-state index contributed by atoms with van der Waals surface area (Å²) < 4.78 is 31.5. The first-order valence-corrected chi connectivity index (χ1v) is 13.1. The molecule has 0 aliphatic carbocycles. The molecule has 0 aromatic heterocycles. The Labute approximate surface area is 197 Å². The summed E-state index contributed by atoms with van der Waals surface area (Å²) in [4.78, 5) is 17.1. The van der Waals surface area contributed by atoms with Crippen molar-refractivity contribution in [3.63, 3.8) is 0 Å². The molecule has 0 unspecified atom stereocenters. The van der Waals surface area contributed by atoms with Crippen molar-refractivity contribution in [1.82, 2.24) is 15.1 Å². The molecule has 1 N–H and O–H groups in total. The Morgan fingerprint density at radius 1 is 1.03 bits per heavy atom. The number of nitrogens with one attached hydrogen (secondary N) is 1. The molecule has 1 heterocycles. The number of amides is 1. The van der Waals surface area contributed by atoms with E-state index in [4.69, 9.17) is 4.74 Å². The maximum Gasteiger partial charge on any atom is 0.240 e. The highest BCUT2D eigenvalue weighted by Crippen LogP contribution is 2.22. The van der Waals surface area contributed by atoms with Gasteiger partial charge in [0.05, 0.1) is 11.9 Å². The first-order chi connectivity index (χ1) is 15.8. The van der Waals surface area contributed by atoms with Gasteiger partial charge in [0.2, 0.25) is 15.9 Å². The number of carbonyl (C=O) groups is 1. The van der Waals surface area contributed by atoms with Gasteiger partial charge in [-0.15, -0.1) is 0 Å². The second-order valence-electron chi connectivity index (χ2n) is 8.39. The predicted molar refractivity (Wildman–Crippen MR) is 131 cm³/mol. The fourth-order valence-corrected chi connectivity index (χ4v) is 4.49. The lowest BCUT2D eigenvalue weighted by Gasteiger charge is -2.32. The van der Waals surface area contributed by atoms with E-state index in [1.165, 1.54) is 0 Å². The molecule has 0 spiro atoms. The van der Waals surface area contributed by atoms with Crippen LogP contribution >= 0.6 is 0 Å². The maximum absolute atomic E-state index is 12.4. The van der Waals surface area contributed by atoms with Crippen LogP contribution in [0.15, 0.2) is 54.6 Å². The Balaban J connectivity index is 1.48. The molecule has 2 aromatic rings. The number of piperazine rings is 1. The number of hydrogen-bond acceptors (Lipinski definition) is 6. The smallest absolute Gasteiger partial charge is 0.240 e. The van der Waals surface area contributed by atoms with Crippen molar-refractivity contribution in [2.24, 2.45) is 0 Å². The van der Waals surface area contributed by atoms with Crippen LogP contribution in [0.4, 0.5) is 5.69 Å². The molecule has 0 saturated carbocycles. The predicted octanol–water partition coefficient (Wildman–Crippen LogP) is 1.79. The Kier molecular flexibility index (Phi) is 9.11. The summed E-state index contributed by atoms with van der Waals surface area (Å²) in [7, 11) is -1.49. The molecule has 1 aliphatic rings. The van der Waals surface area contributed by atoms with Crippen LogP contribution in [0, 0.1) is 0 Å². The van der Waals surface area contributed by atoms with E-state index in [1.54, 1.807) is 24.3 Å². The normalized spacial score (nSPS) is 15.2. The van der Waals surface area contributed by atoms with Gasteiger partial charge in [0.15, 0.2) is 0 Å². The zero-order valence-corrected chi connectivity index (χ0v) is 20.3. The number of hydrogen-bond donors (Lipinski definition) is 1. The number of nitrogens with zero attached hydrogens (tertiary/aromatic N) is 3. The largest absolute Gasteiger partial charge is 0.489 e. The van der Waals surface area contributed by atoms with Crippen molar-refractivity contribution >= 4 is 21.6 Å². The second-order valence-corrected chi connectivity index (χ2v) is 10.3. The molecule has 0 radical (unpaired) electrons. The fourth-order valence-electron chi connectivity index (χ4n) is 3.64. The molecule has 1 aliphatic heterocycles. The van der Waals surface area contributed by atoms with Crippen molar-refractivity contribution in [3.8, 4) is 5.75 Å². The number of benzene rings is 2. The Morgan fingerprint density at radius 2 is 1.70 bits per heavy atom. The average molecular weight is 475 g/mol. The molecular weight excluding hydrogens is 440 g/mol. The number of sulfonamides is 1. The molecule has 0 bridgehead atoms. The minimum Gasteiger partial charge on any atom is -0.489 e. The number of ether oxygens (including phenoxy) is 1. The minimum absolute atomic E-state index is 0.252.